The number of carbonyl (C=O) groups excluding carboxylic acids is 1. The van der Waals surface area contributed by atoms with Crippen LogP contribution in [0.3, 0.4) is 0 Å². The van der Waals surface area contributed by atoms with Crippen LogP contribution >= 0.6 is 11.8 Å². The van der Waals surface area contributed by atoms with E-state index in [-0.39, 0.29) is 17.7 Å². The third-order valence-electron chi connectivity index (χ3n) is 5.12. The first-order valence-electron chi connectivity index (χ1n) is 10.5. The maximum Gasteiger partial charge on any atom is 0.231 e. The van der Waals surface area contributed by atoms with Gasteiger partial charge in [0.1, 0.15) is 0 Å². The van der Waals surface area contributed by atoms with Crippen LogP contribution in [0.5, 0.6) is 0 Å². The molecule has 8 nitrogen and oxygen atoms in total. The average Bonchev–Trinajstić information content (AvgIpc) is 3.48. The summed E-state index contributed by atoms with van der Waals surface area (Å²) in [6, 6.07) is 25.2. The SMILES string of the molecule is C[C@H](NC(=O)CSc1nnc(-c2ccccc2)n1-c1ccccc1)c1nnc2ccccn12. The molecule has 9 heteroatoms. The molecule has 1 atom stereocenters. The van der Waals surface area contributed by atoms with Gasteiger partial charge in [0.15, 0.2) is 22.5 Å². The van der Waals surface area contributed by atoms with Gasteiger partial charge in [-0.1, -0.05) is 66.4 Å². The van der Waals surface area contributed by atoms with Gasteiger partial charge in [-0.2, -0.15) is 0 Å². The fourth-order valence-electron chi connectivity index (χ4n) is 3.58. The molecule has 3 aromatic heterocycles. The zero-order valence-electron chi connectivity index (χ0n) is 17.9. The second kappa shape index (κ2) is 9.25. The number of amides is 1. The number of thioether (sulfide) groups is 1. The number of aromatic nitrogens is 6. The number of para-hydroxylation sites is 1. The lowest BCUT2D eigenvalue weighted by Crippen LogP contribution is -2.29. The summed E-state index contributed by atoms with van der Waals surface area (Å²) in [5, 5.41) is 20.8. The monoisotopic (exact) mass is 455 g/mol. The molecule has 0 aliphatic rings. The van der Waals surface area contributed by atoms with Gasteiger partial charge in [0.05, 0.1) is 11.8 Å². The Hall–Kier alpha value is -3.98. The number of fused-ring (bicyclic) bond motifs is 1. The Kier molecular flexibility index (Phi) is 5.86. The first-order valence-corrected chi connectivity index (χ1v) is 11.5. The van der Waals surface area contributed by atoms with E-state index in [4.69, 9.17) is 0 Å². The summed E-state index contributed by atoms with van der Waals surface area (Å²) < 4.78 is 3.85. The first-order chi connectivity index (χ1) is 16.2. The summed E-state index contributed by atoms with van der Waals surface area (Å²) in [6.45, 7) is 1.89. The minimum atomic E-state index is -0.289. The average molecular weight is 456 g/mol. The molecule has 2 aromatic carbocycles. The van der Waals surface area contributed by atoms with Crippen molar-refractivity contribution in [2.24, 2.45) is 0 Å². The van der Waals surface area contributed by atoms with Gasteiger partial charge in [0.25, 0.3) is 0 Å². The fraction of sp³-hybridized carbons (Fsp3) is 0.125. The minimum Gasteiger partial charge on any atom is -0.346 e. The molecule has 164 valence electrons. The van der Waals surface area contributed by atoms with Gasteiger partial charge >= 0.3 is 0 Å². The lowest BCUT2D eigenvalue weighted by atomic mass is 10.2. The summed E-state index contributed by atoms with van der Waals surface area (Å²) in [4.78, 5) is 12.7. The van der Waals surface area contributed by atoms with Crippen LogP contribution in [0.2, 0.25) is 0 Å². The van der Waals surface area contributed by atoms with E-state index in [1.54, 1.807) is 0 Å². The number of hydrogen-bond donors (Lipinski definition) is 1. The van der Waals surface area contributed by atoms with E-state index < -0.39 is 0 Å². The quantitative estimate of drug-likeness (QED) is 0.374. The standard InChI is InChI=1S/C24H21N7OS/c1-17(22-27-26-20-14-8-9-15-30(20)22)25-21(32)16-33-24-29-28-23(18-10-4-2-5-11-18)31(24)19-12-6-3-7-13-19/h2-15,17H,16H2,1H3,(H,25,32)/t17-/m0/s1. The van der Waals surface area contributed by atoms with Crippen LogP contribution < -0.4 is 5.32 Å². The third kappa shape index (κ3) is 4.35. The van der Waals surface area contributed by atoms with Gasteiger partial charge in [0, 0.05) is 17.4 Å². The molecular weight excluding hydrogens is 434 g/mol. The van der Waals surface area contributed by atoms with Crippen molar-refractivity contribution in [1.82, 2.24) is 34.7 Å². The summed E-state index contributed by atoms with van der Waals surface area (Å²) in [5.74, 6) is 1.49. The molecule has 0 aliphatic heterocycles. The number of carbonyl (C=O) groups is 1. The van der Waals surface area contributed by atoms with Crippen molar-refractivity contribution in [3.63, 3.8) is 0 Å². The molecule has 5 aromatic rings. The van der Waals surface area contributed by atoms with E-state index in [1.807, 2.05) is 101 Å². The van der Waals surface area contributed by atoms with Gasteiger partial charge in [0.2, 0.25) is 5.91 Å². The normalized spacial score (nSPS) is 12.0. The Morgan fingerprint density at radius 3 is 2.42 bits per heavy atom. The Morgan fingerprint density at radius 2 is 1.64 bits per heavy atom. The van der Waals surface area contributed by atoms with Gasteiger partial charge in [-0.3, -0.25) is 13.8 Å². The largest absolute Gasteiger partial charge is 0.346 e. The maximum atomic E-state index is 12.7. The lowest BCUT2D eigenvalue weighted by Gasteiger charge is -2.13. The molecule has 0 saturated heterocycles. The predicted molar refractivity (Wildman–Crippen MR) is 127 cm³/mol. The van der Waals surface area contributed by atoms with E-state index in [0.717, 1.165) is 22.7 Å². The Bertz CT molecular complexity index is 1380. The highest BCUT2D eigenvalue weighted by Crippen LogP contribution is 2.27. The van der Waals surface area contributed by atoms with E-state index in [1.165, 1.54) is 11.8 Å². The number of rotatable bonds is 7. The van der Waals surface area contributed by atoms with E-state index in [9.17, 15) is 4.79 Å². The van der Waals surface area contributed by atoms with Gasteiger partial charge < -0.3 is 5.32 Å². The predicted octanol–water partition coefficient (Wildman–Crippen LogP) is 3.95. The van der Waals surface area contributed by atoms with Crippen molar-refractivity contribution in [2.45, 2.75) is 18.1 Å². The summed E-state index contributed by atoms with van der Waals surface area (Å²) >= 11 is 1.34. The van der Waals surface area contributed by atoms with Crippen LogP contribution in [0.4, 0.5) is 0 Å². The van der Waals surface area contributed by atoms with Crippen molar-refractivity contribution in [3.8, 4) is 17.1 Å². The molecule has 0 unspecified atom stereocenters. The van der Waals surface area contributed by atoms with Crippen LogP contribution in [0.25, 0.3) is 22.7 Å². The molecule has 3 heterocycles. The van der Waals surface area contributed by atoms with E-state index in [2.05, 4.69) is 25.7 Å². The number of hydrogen-bond acceptors (Lipinski definition) is 6. The first kappa shape index (κ1) is 20.9. The molecule has 0 spiro atoms. The van der Waals surface area contributed by atoms with Crippen LogP contribution in [-0.2, 0) is 4.79 Å². The molecule has 33 heavy (non-hydrogen) atoms. The molecule has 0 aliphatic carbocycles. The zero-order valence-corrected chi connectivity index (χ0v) is 18.7. The van der Waals surface area contributed by atoms with Gasteiger partial charge in [-0.05, 0) is 31.2 Å². The lowest BCUT2D eigenvalue weighted by molar-refractivity contribution is -0.119. The second-order valence-electron chi connectivity index (χ2n) is 7.41. The van der Waals surface area contributed by atoms with E-state index in [0.29, 0.717) is 11.0 Å². The molecule has 0 radical (unpaired) electrons. The smallest absolute Gasteiger partial charge is 0.231 e. The van der Waals surface area contributed by atoms with Crippen LogP contribution in [0.15, 0.2) is 90.2 Å². The van der Waals surface area contributed by atoms with Crippen molar-refractivity contribution in [1.29, 1.82) is 0 Å². The molecule has 0 bridgehead atoms. The van der Waals surface area contributed by atoms with Crippen molar-refractivity contribution in [3.05, 3.63) is 90.9 Å². The zero-order chi connectivity index (χ0) is 22.6. The molecule has 5 rings (SSSR count). The molecule has 0 fully saturated rings. The van der Waals surface area contributed by atoms with Gasteiger partial charge in [-0.25, -0.2) is 0 Å². The number of nitrogens with one attached hydrogen (secondary N) is 1. The summed E-state index contributed by atoms with van der Waals surface area (Å²) in [5.41, 5.74) is 2.64. The maximum absolute atomic E-state index is 12.7. The third-order valence-corrected chi connectivity index (χ3v) is 6.05. The number of pyridine rings is 1. The molecule has 1 N–H and O–H groups in total. The van der Waals surface area contributed by atoms with Crippen molar-refractivity contribution < 1.29 is 4.79 Å². The summed E-state index contributed by atoms with van der Waals surface area (Å²) in [7, 11) is 0. The highest BCUT2D eigenvalue weighted by molar-refractivity contribution is 7.99. The second-order valence-corrected chi connectivity index (χ2v) is 8.35. The van der Waals surface area contributed by atoms with Crippen LogP contribution in [0.1, 0.15) is 18.8 Å². The Labute approximate surface area is 194 Å². The highest BCUT2D eigenvalue weighted by atomic mass is 32.2. The minimum absolute atomic E-state index is 0.121. The summed E-state index contributed by atoms with van der Waals surface area (Å²) in [6.07, 6.45) is 1.88. The molecule has 0 saturated carbocycles. The van der Waals surface area contributed by atoms with Gasteiger partial charge in [-0.15, -0.1) is 20.4 Å². The highest BCUT2D eigenvalue weighted by Gasteiger charge is 2.19. The van der Waals surface area contributed by atoms with Crippen LogP contribution in [0, 0.1) is 0 Å². The molecular formula is C24H21N7OS. The van der Waals surface area contributed by atoms with Crippen molar-refractivity contribution in [2.75, 3.05) is 5.75 Å². The topological polar surface area (TPSA) is 90.0 Å². The molecule has 1 amide bonds. The fourth-order valence-corrected chi connectivity index (χ4v) is 4.34. The van der Waals surface area contributed by atoms with E-state index >= 15 is 0 Å². The Morgan fingerprint density at radius 1 is 0.909 bits per heavy atom. The number of nitrogens with zero attached hydrogens (tertiary/aromatic N) is 6. The van der Waals surface area contributed by atoms with Crippen LogP contribution in [-0.4, -0.2) is 41.0 Å². The van der Waals surface area contributed by atoms with Crippen molar-refractivity contribution >= 4 is 23.3 Å². The Balaban J connectivity index is 1.34. The number of benzene rings is 2.